The van der Waals surface area contributed by atoms with Crippen molar-refractivity contribution in [3.63, 3.8) is 0 Å². The normalized spacial score (nSPS) is 10.7. The molecule has 0 saturated heterocycles. The summed E-state index contributed by atoms with van der Waals surface area (Å²) in [7, 11) is 0. The molecule has 2 nitrogen and oxygen atoms in total. The summed E-state index contributed by atoms with van der Waals surface area (Å²) in [5.41, 5.74) is 0. The lowest BCUT2D eigenvalue weighted by Crippen LogP contribution is -1.90. The summed E-state index contributed by atoms with van der Waals surface area (Å²) >= 11 is 0. The van der Waals surface area contributed by atoms with Crippen LogP contribution in [0.4, 0.5) is 0 Å². The summed E-state index contributed by atoms with van der Waals surface area (Å²) in [6.07, 6.45) is 5.41. The zero-order valence-corrected chi connectivity index (χ0v) is 6.63. The van der Waals surface area contributed by atoms with Gasteiger partial charge in [0.05, 0.1) is 0 Å². The van der Waals surface area contributed by atoms with E-state index in [-0.39, 0.29) is 0 Å². The predicted molar refractivity (Wildman–Crippen MR) is 43.0 cm³/mol. The van der Waals surface area contributed by atoms with Crippen molar-refractivity contribution in [1.29, 1.82) is 0 Å². The van der Waals surface area contributed by atoms with Gasteiger partial charge in [0.1, 0.15) is 12.8 Å². The first-order chi connectivity index (χ1) is 4.77. The fourth-order valence-electron chi connectivity index (χ4n) is 0.324. The third-order valence-electron chi connectivity index (χ3n) is 0.789. The van der Waals surface area contributed by atoms with Gasteiger partial charge < -0.3 is 4.84 Å². The van der Waals surface area contributed by atoms with Gasteiger partial charge in [-0.05, 0) is 0 Å². The first-order valence-electron chi connectivity index (χ1n) is 3.45. The Morgan fingerprint density at radius 1 is 1.70 bits per heavy atom. The van der Waals surface area contributed by atoms with Crippen molar-refractivity contribution in [2.24, 2.45) is 11.1 Å². The average molecular weight is 140 g/mol. The quantitative estimate of drug-likeness (QED) is 0.248. The topological polar surface area (TPSA) is 21.6 Å². The molecule has 0 aliphatic carbocycles. The van der Waals surface area contributed by atoms with Crippen molar-refractivity contribution in [3.05, 3.63) is 12.7 Å². The molecular formula is C8H14NO. The van der Waals surface area contributed by atoms with Crippen LogP contribution in [0, 0.1) is 5.92 Å². The van der Waals surface area contributed by atoms with Crippen LogP contribution < -0.4 is 0 Å². The van der Waals surface area contributed by atoms with Crippen LogP contribution in [0.1, 0.15) is 20.3 Å². The van der Waals surface area contributed by atoms with Gasteiger partial charge in [-0.1, -0.05) is 25.1 Å². The van der Waals surface area contributed by atoms with Crippen molar-refractivity contribution >= 4 is 6.21 Å². The molecule has 0 N–H and O–H groups in total. The molecule has 0 unspecified atom stereocenters. The van der Waals surface area contributed by atoms with E-state index >= 15 is 0 Å². The van der Waals surface area contributed by atoms with E-state index in [1.807, 2.05) is 13.8 Å². The highest BCUT2D eigenvalue weighted by atomic mass is 16.6. The Bertz CT molecular complexity index is 108. The lowest BCUT2D eigenvalue weighted by Gasteiger charge is -1.94. The highest BCUT2D eigenvalue weighted by Gasteiger charge is 1.85. The first kappa shape index (κ1) is 9.21. The van der Waals surface area contributed by atoms with Crippen LogP contribution in [-0.2, 0) is 4.84 Å². The Hall–Kier alpha value is -0.790. The third kappa shape index (κ3) is 7.21. The Kier molecular flexibility index (Phi) is 5.83. The molecule has 10 heavy (non-hydrogen) atoms. The molecule has 0 aliphatic rings. The molecule has 0 atom stereocenters. The Labute approximate surface area is 62.6 Å². The minimum Gasteiger partial charge on any atom is -0.395 e. The van der Waals surface area contributed by atoms with E-state index in [0.29, 0.717) is 12.5 Å². The number of nitrogens with zero attached hydrogens (tertiary/aromatic N) is 1. The summed E-state index contributed by atoms with van der Waals surface area (Å²) < 4.78 is 0. The molecular weight excluding hydrogens is 126 g/mol. The fraction of sp³-hybridized carbons (Fsp3) is 0.625. The Balaban J connectivity index is 3.10. The monoisotopic (exact) mass is 140 g/mol. The second kappa shape index (κ2) is 6.33. The van der Waals surface area contributed by atoms with Gasteiger partial charge in [-0.25, -0.2) is 0 Å². The van der Waals surface area contributed by atoms with Crippen LogP contribution in [0.3, 0.4) is 0 Å². The van der Waals surface area contributed by atoms with Crippen molar-refractivity contribution in [1.82, 2.24) is 0 Å². The van der Waals surface area contributed by atoms with E-state index in [4.69, 9.17) is 4.84 Å². The summed E-state index contributed by atoms with van der Waals surface area (Å²) in [6, 6.07) is 0. The summed E-state index contributed by atoms with van der Waals surface area (Å²) in [4.78, 5) is 4.83. The molecule has 2 heteroatoms. The van der Waals surface area contributed by atoms with Gasteiger partial charge in [0.25, 0.3) is 0 Å². The lowest BCUT2D eigenvalue weighted by atomic mass is 10.3. The number of hydrogen-bond acceptors (Lipinski definition) is 2. The Morgan fingerprint density at radius 3 is 2.90 bits per heavy atom. The van der Waals surface area contributed by atoms with E-state index in [2.05, 4.69) is 17.9 Å². The standard InChI is InChI=1S/C8H14NO/c1-4-5-6-10-9-7-8(2)3/h4,8H,1,5-6H2,2-3H3. The van der Waals surface area contributed by atoms with Crippen LogP contribution in [0.5, 0.6) is 0 Å². The van der Waals surface area contributed by atoms with Crippen molar-refractivity contribution in [3.8, 4) is 0 Å². The fourth-order valence-corrected chi connectivity index (χ4v) is 0.324. The second-order valence-electron chi connectivity index (χ2n) is 2.29. The van der Waals surface area contributed by atoms with E-state index < -0.39 is 0 Å². The van der Waals surface area contributed by atoms with Crippen LogP contribution in [0.15, 0.2) is 17.8 Å². The molecule has 0 aromatic carbocycles. The van der Waals surface area contributed by atoms with Gasteiger partial charge in [-0.15, -0.1) is 6.58 Å². The number of rotatable bonds is 5. The summed E-state index contributed by atoms with van der Waals surface area (Å²) in [6.45, 7) is 8.15. The van der Waals surface area contributed by atoms with Gasteiger partial charge in [0, 0.05) is 12.3 Å². The minimum atomic E-state index is 0.337. The van der Waals surface area contributed by atoms with Gasteiger partial charge in [-0.2, -0.15) is 0 Å². The zero-order valence-electron chi connectivity index (χ0n) is 6.63. The smallest absolute Gasteiger partial charge is 0.120 e. The van der Waals surface area contributed by atoms with E-state index in [9.17, 15) is 0 Å². The average Bonchev–Trinajstić information content (AvgIpc) is 1.87. The number of hydrogen-bond donors (Lipinski definition) is 0. The molecule has 57 valence electrons. The van der Waals surface area contributed by atoms with Crippen molar-refractivity contribution < 1.29 is 4.84 Å². The van der Waals surface area contributed by atoms with Crippen molar-refractivity contribution in [2.75, 3.05) is 6.61 Å². The molecule has 0 rings (SSSR count). The molecule has 0 bridgehead atoms. The predicted octanol–water partition coefficient (Wildman–Crippen LogP) is 2.10. The van der Waals surface area contributed by atoms with Crippen LogP contribution in [0.2, 0.25) is 0 Å². The van der Waals surface area contributed by atoms with E-state index in [0.717, 1.165) is 6.42 Å². The summed E-state index contributed by atoms with van der Waals surface area (Å²) in [5.74, 6) is 0.337. The maximum Gasteiger partial charge on any atom is 0.120 e. The van der Waals surface area contributed by atoms with Crippen molar-refractivity contribution in [2.45, 2.75) is 20.3 Å². The van der Waals surface area contributed by atoms with Gasteiger partial charge in [0.15, 0.2) is 0 Å². The molecule has 0 spiro atoms. The lowest BCUT2D eigenvalue weighted by molar-refractivity contribution is 0.149. The molecule has 0 amide bonds. The second-order valence-corrected chi connectivity index (χ2v) is 2.29. The third-order valence-corrected chi connectivity index (χ3v) is 0.789. The maximum atomic E-state index is 4.83. The molecule has 0 aliphatic heterocycles. The van der Waals surface area contributed by atoms with Gasteiger partial charge >= 0.3 is 0 Å². The van der Waals surface area contributed by atoms with Crippen LogP contribution in [0.25, 0.3) is 0 Å². The minimum absolute atomic E-state index is 0.337. The SMILES string of the molecule is C=CCCO/N=[C]/C(C)C. The maximum absolute atomic E-state index is 4.83. The van der Waals surface area contributed by atoms with Crippen LogP contribution >= 0.6 is 0 Å². The molecule has 0 aromatic rings. The van der Waals surface area contributed by atoms with Crippen LogP contribution in [-0.4, -0.2) is 12.8 Å². The molecule has 0 saturated carbocycles. The van der Waals surface area contributed by atoms with Gasteiger partial charge in [-0.3, -0.25) is 0 Å². The molecule has 0 heterocycles. The van der Waals surface area contributed by atoms with E-state index in [1.165, 1.54) is 0 Å². The molecule has 0 fully saturated rings. The summed E-state index contributed by atoms with van der Waals surface area (Å²) in [5, 5.41) is 3.61. The van der Waals surface area contributed by atoms with E-state index in [1.54, 1.807) is 6.08 Å². The largest absolute Gasteiger partial charge is 0.395 e. The highest BCUT2D eigenvalue weighted by Crippen LogP contribution is 1.87. The Morgan fingerprint density at radius 2 is 2.40 bits per heavy atom. The zero-order chi connectivity index (χ0) is 7.82. The van der Waals surface area contributed by atoms with Gasteiger partial charge in [0.2, 0.25) is 0 Å². The molecule has 1 radical (unpaired) electrons. The molecule has 0 aromatic heterocycles. The highest BCUT2D eigenvalue weighted by molar-refractivity contribution is 5.58. The first-order valence-corrected chi connectivity index (χ1v) is 3.45.